The Morgan fingerprint density at radius 1 is 1.45 bits per heavy atom. The van der Waals surface area contributed by atoms with E-state index >= 15 is 0 Å². The van der Waals surface area contributed by atoms with E-state index in [4.69, 9.17) is 10.5 Å². The van der Waals surface area contributed by atoms with E-state index in [9.17, 15) is 4.79 Å². The minimum atomic E-state index is -0.367. The van der Waals surface area contributed by atoms with Crippen molar-refractivity contribution in [1.29, 1.82) is 0 Å². The normalized spacial score (nSPS) is 18.4. The molecule has 0 saturated heterocycles. The van der Waals surface area contributed by atoms with Crippen LogP contribution in [0.15, 0.2) is 0 Å². The largest absolute Gasteiger partial charge is 0.385 e. The van der Waals surface area contributed by atoms with Gasteiger partial charge in [-0.25, -0.2) is 0 Å². The van der Waals surface area contributed by atoms with Crippen LogP contribution in [0.5, 0.6) is 0 Å². The molecule has 1 amide bonds. The number of hydrogen-bond donors (Lipinski definition) is 2. The van der Waals surface area contributed by atoms with Gasteiger partial charge >= 0.3 is 0 Å². The lowest BCUT2D eigenvalue weighted by molar-refractivity contribution is -0.123. The molecule has 0 bridgehead atoms. The van der Waals surface area contributed by atoms with E-state index in [-0.39, 0.29) is 29.8 Å². The number of hydrogen-bond acceptors (Lipinski definition) is 4. The van der Waals surface area contributed by atoms with Crippen LogP contribution < -0.4 is 11.1 Å². The third kappa shape index (κ3) is 6.66. The maximum absolute atomic E-state index is 11.9. The summed E-state index contributed by atoms with van der Waals surface area (Å²) in [7, 11) is 1.74. The van der Waals surface area contributed by atoms with Crippen LogP contribution in [-0.4, -0.2) is 44.2 Å². The van der Waals surface area contributed by atoms with Crippen LogP contribution >= 0.6 is 24.2 Å². The molecule has 6 heteroatoms. The summed E-state index contributed by atoms with van der Waals surface area (Å²) in [6.07, 6.45) is 8.72. The van der Waals surface area contributed by atoms with Crippen molar-refractivity contribution in [3.8, 4) is 0 Å². The first-order valence-corrected chi connectivity index (χ1v) is 8.54. The van der Waals surface area contributed by atoms with Crippen molar-refractivity contribution >= 4 is 30.1 Å². The molecule has 1 fully saturated rings. The number of ether oxygens (including phenoxy) is 1. The third-order valence-electron chi connectivity index (χ3n) is 4.11. The number of halogens is 1. The molecule has 0 spiro atoms. The molecule has 1 atom stereocenters. The van der Waals surface area contributed by atoms with E-state index in [1.165, 1.54) is 25.7 Å². The molecule has 0 aliphatic heterocycles. The van der Waals surface area contributed by atoms with E-state index in [0.29, 0.717) is 0 Å². The van der Waals surface area contributed by atoms with Gasteiger partial charge in [0.05, 0.1) is 6.04 Å². The zero-order valence-corrected chi connectivity index (χ0v) is 14.3. The topological polar surface area (TPSA) is 64.3 Å². The van der Waals surface area contributed by atoms with Crippen LogP contribution in [0.4, 0.5) is 0 Å². The quantitative estimate of drug-likeness (QED) is 0.682. The number of thioether (sulfide) groups is 1. The van der Waals surface area contributed by atoms with Gasteiger partial charge in [-0.05, 0) is 43.1 Å². The van der Waals surface area contributed by atoms with E-state index in [2.05, 4.69) is 5.32 Å². The third-order valence-corrected chi connectivity index (χ3v) is 4.75. The fourth-order valence-electron chi connectivity index (χ4n) is 2.74. The SMILES string of the molecule is COCCC1(CNC(=O)[C@@H](N)CCSC)CCCC1.Cl. The number of carbonyl (C=O) groups excluding carboxylic acids is 1. The van der Waals surface area contributed by atoms with E-state index in [1.54, 1.807) is 18.9 Å². The molecule has 0 aromatic heterocycles. The van der Waals surface area contributed by atoms with E-state index < -0.39 is 0 Å². The summed E-state index contributed by atoms with van der Waals surface area (Å²) in [4.78, 5) is 11.9. The highest BCUT2D eigenvalue weighted by Gasteiger charge is 2.34. The number of rotatable bonds is 9. The van der Waals surface area contributed by atoms with Gasteiger partial charge in [0.1, 0.15) is 0 Å². The Bertz CT molecular complexity index is 274. The molecule has 1 rings (SSSR count). The van der Waals surface area contributed by atoms with Crippen molar-refractivity contribution in [1.82, 2.24) is 5.32 Å². The Morgan fingerprint density at radius 3 is 2.65 bits per heavy atom. The summed E-state index contributed by atoms with van der Waals surface area (Å²) in [5.74, 6) is 0.932. The second-order valence-corrected chi connectivity index (χ2v) is 6.54. The summed E-state index contributed by atoms with van der Waals surface area (Å²) in [5.41, 5.74) is 6.12. The van der Waals surface area contributed by atoms with Gasteiger partial charge in [-0.1, -0.05) is 12.8 Å². The second-order valence-electron chi connectivity index (χ2n) is 5.56. The molecule has 4 nitrogen and oxygen atoms in total. The summed E-state index contributed by atoms with van der Waals surface area (Å²) >= 11 is 1.72. The van der Waals surface area contributed by atoms with Gasteiger partial charge in [0.15, 0.2) is 0 Å². The second kappa shape index (κ2) is 10.7. The Labute approximate surface area is 133 Å². The smallest absolute Gasteiger partial charge is 0.236 e. The first kappa shape index (κ1) is 20.0. The van der Waals surface area contributed by atoms with Crippen molar-refractivity contribution in [3.05, 3.63) is 0 Å². The number of methoxy groups -OCH3 is 1. The lowest BCUT2D eigenvalue weighted by Crippen LogP contribution is -2.45. The van der Waals surface area contributed by atoms with Gasteiger partial charge in [0.25, 0.3) is 0 Å². The van der Waals surface area contributed by atoms with E-state index in [0.717, 1.165) is 31.7 Å². The molecule has 1 aliphatic carbocycles. The molecule has 20 heavy (non-hydrogen) atoms. The minimum absolute atomic E-state index is 0. The highest BCUT2D eigenvalue weighted by Crippen LogP contribution is 2.40. The van der Waals surface area contributed by atoms with Crippen LogP contribution in [0.25, 0.3) is 0 Å². The van der Waals surface area contributed by atoms with Crippen LogP contribution in [0.3, 0.4) is 0 Å². The highest BCUT2D eigenvalue weighted by atomic mass is 35.5. The molecule has 0 radical (unpaired) electrons. The fraction of sp³-hybridized carbons (Fsp3) is 0.929. The van der Waals surface area contributed by atoms with Gasteiger partial charge in [-0.3, -0.25) is 4.79 Å². The molecule has 0 heterocycles. The molecule has 0 aromatic carbocycles. The predicted molar refractivity (Wildman–Crippen MR) is 88.6 cm³/mol. The lowest BCUT2D eigenvalue weighted by Gasteiger charge is -2.29. The highest BCUT2D eigenvalue weighted by molar-refractivity contribution is 7.98. The minimum Gasteiger partial charge on any atom is -0.385 e. The van der Waals surface area contributed by atoms with Crippen LogP contribution in [0.1, 0.15) is 38.5 Å². The van der Waals surface area contributed by atoms with Crippen LogP contribution in [0, 0.1) is 5.41 Å². The Hall–Kier alpha value is 0.0300. The zero-order chi connectivity index (χ0) is 14.1. The predicted octanol–water partition coefficient (Wildman–Crippen LogP) is 2.20. The number of nitrogens with one attached hydrogen (secondary N) is 1. The van der Waals surface area contributed by atoms with Crippen LogP contribution in [-0.2, 0) is 9.53 Å². The molecular weight excluding hydrogens is 296 g/mol. The monoisotopic (exact) mass is 324 g/mol. The maximum atomic E-state index is 11.9. The van der Waals surface area contributed by atoms with Crippen molar-refractivity contribution in [2.45, 2.75) is 44.6 Å². The average molecular weight is 325 g/mol. The van der Waals surface area contributed by atoms with Gasteiger partial charge in [0.2, 0.25) is 5.91 Å². The maximum Gasteiger partial charge on any atom is 0.236 e. The summed E-state index contributed by atoms with van der Waals surface area (Å²) in [6, 6.07) is -0.367. The Kier molecular flexibility index (Phi) is 10.7. The lowest BCUT2D eigenvalue weighted by atomic mass is 9.83. The first-order chi connectivity index (χ1) is 9.13. The zero-order valence-electron chi connectivity index (χ0n) is 12.7. The van der Waals surface area contributed by atoms with Gasteiger partial charge in [0, 0.05) is 20.3 Å². The van der Waals surface area contributed by atoms with Gasteiger partial charge in [-0.15, -0.1) is 12.4 Å². The van der Waals surface area contributed by atoms with Gasteiger partial charge < -0.3 is 15.8 Å². The molecule has 120 valence electrons. The Balaban J connectivity index is 0.00000361. The standard InChI is InChI=1S/C14H28N2O2S.ClH/c1-18-9-8-14(6-3-4-7-14)11-16-13(17)12(15)5-10-19-2;/h12H,3-11,15H2,1-2H3,(H,16,17);1H/t12-;/m0./s1. The molecule has 1 saturated carbocycles. The van der Waals surface area contributed by atoms with Crippen molar-refractivity contribution in [2.24, 2.45) is 11.1 Å². The van der Waals surface area contributed by atoms with Gasteiger partial charge in [-0.2, -0.15) is 11.8 Å². The molecule has 1 aliphatic rings. The van der Waals surface area contributed by atoms with Crippen LogP contribution in [0.2, 0.25) is 0 Å². The van der Waals surface area contributed by atoms with Crippen molar-refractivity contribution < 1.29 is 9.53 Å². The number of amides is 1. The average Bonchev–Trinajstić information content (AvgIpc) is 2.89. The molecule has 3 N–H and O–H groups in total. The van der Waals surface area contributed by atoms with Crippen molar-refractivity contribution in [2.75, 3.05) is 32.3 Å². The number of nitrogens with two attached hydrogens (primary N) is 1. The molecule has 0 unspecified atom stereocenters. The summed E-state index contributed by atoms with van der Waals surface area (Å²) < 4.78 is 5.20. The number of carbonyl (C=O) groups is 1. The van der Waals surface area contributed by atoms with Crippen molar-refractivity contribution in [3.63, 3.8) is 0 Å². The summed E-state index contributed by atoms with van der Waals surface area (Å²) in [5, 5.41) is 3.05. The molecule has 0 aromatic rings. The molecular formula is C14H29ClN2O2S. The first-order valence-electron chi connectivity index (χ1n) is 7.15. The van der Waals surface area contributed by atoms with E-state index in [1.807, 2.05) is 6.26 Å². The summed E-state index contributed by atoms with van der Waals surface area (Å²) in [6.45, 7) is 1.52. The Morgan fingerprint density at radius 2 is 2.10 bits per heavy atom. The fourth-order valence-corrected chi connectivity index (χ4v) is 3.23.